The summed E-state index contributed by atoms with van der Waals surface area (Å²) in [4.78, 5) is 8.98. The first-order valence-electron chi connectivity index (χ1n) is 13.4. The summed E-state index contributed by atoms with van der Waals surface area (Å²) in [5, 5.41) is 38.5. The molecule has 42 heavy (non-hydrogen) atoms. The minimum absolute atomic E-state index is 0.151. The first-order valence-corrected chi connectivity index (χ1v) is 14.2. The van der Waals surface area contributed by atoms with Crippen molar-refractivity contribution in [3.8, 4) is 23.0 Å². The Morgan fingerprint density at radius 1 is 0.500 bits per heavy atom. The molecule has 0 unspecified atom stereocenters. The van der Waals surface area contributed by atoms with Crippen LogP contribution in [0.15, 0.2) is 72.8 Å². The van der Waals surface area contributed by atoms with Crippen molar-refractivity contribution >= 4 is 27.9 Å². The van der Waals surface area contributed by atoms with E-state index in [1.54, 1.807) is 24.3 Å². The Balaban J connectivity index is 0.000000265. The van der Waals surface area contributed by atoms with Gasteiger partial charge in [0.15, 0.2) is 0 Å². The van der Waals surface area contributed by atoms with E-state index in [-0.39, 0.29) is 22.3 Å². The molecule has 4 aromatic rings. The molecule has 0 aliphatic heterocycles. The maximum Gasteiger partial charge on any atom is 0.313 e. The molecule has 0 heterocycles. The first kappa shape index (κ1) is 34.5. The van der Waals surface area contributed by atoms with Crippen molar-refractivity contribution in [2.75, 3.05) is 0 Å². The fraction of sp³-hybridized carbons (Fsp3) is 0.286. The Morgan fingerprint density at radius 2 is 0.714 bits per heavy atom. The van der Waals surface area contributed by atoms with Gasteiger partial charge < -0.3 is 20.4 Å². The van der Waals surface area contributed by atoms with Crippen LogP contribution in [0.1, 0.15) is 72.2 Å². The average Bonchev–Trinajstić information content (AvgIpc) is 2.90. The first-order chi connectivity index (χ1) is 19.4. The van der Waals surface area contributed by atoms with Crippen molar-refractivity contribution < 1.29 is 25.2 Å². The molecule has 0 atom stereocenters. The molecule has 4 N–H and O–H groups in total. The minimum atomic E-state index is -0.889. The van der Waals surface area contributed by atoms with Crippen LogP contribution in [0.2, 0.25) is 0 Å². The lowest BCUT2D eigenvalue weighted by molar-refractivity contribution is 0.275. The molecule has 0 radical (unpaired) electrons. The van der Waals surface area contributed by atoms with E-state index in [0.29, 0.717) is 11.5 Å². The molecule has 0 aromatic heterocycles. The molecule has 0 aliphatic rings. The fourth-order valence-corrected chi connectivity index (χ4v) is 4.72. The molecule has 7 heteroatoms. The molecule has 224 valence electrons. The van der Waals surface area contributed by atoms with Crippen molar-refractivity contribution in [2.45, 2.75) is 66.2 Å². The molecule has 5 nitrogen and oxygen atoms in total. The number of aryl methyl sites for hydroxylation is 4. The summed E-state index contributed by atoms with van der Waals surface area (Å²) in [6.45, 7) is 16.3. The third kappa shape index (κ3) is 8.67. The van der Waals surface area contributed by atoms with Crippen LogP contribution in [-0.2, 0) is 10.8 Å². The summed E-state index contributed by atoms with van der Waals surface area (Å²) in [5.41, 5.74) is 7.82. The van der Waals surface area contributed by atoms with Gasteiger partial charge >= 0.3 is 4.70 Å². The largest absolute Gasteiger partial charge is 0.508 e. The van der Waals surface area contributed by atoms with Gasteiger partial charge in [-0.15, -0.1) is 0 Å². The normalized spacial score (nSPS) is 11.1. The number of hydrogen-bond acceptors (Lipinski definition) is 5. The van der Waals surface area contributed by atoms with E-state index in [4.69, 9.17) is 4.79 Å². The van der Waals surface area contributed by atoms with Crippen molar-refractivity contribution in [1.29, 1.82) is 0 Å². The van der Waals surface area contributed by atoms with Gasteiger partial charge in [0.2, 0.25) is 0 Å². The van der Waals surface area contributed by atoms with Gasteiger partial charge in [-0.05, 0) is 120 Å². The Labute approximate surface area is 259 Å². The number of carbonyl (C=O) groups excluding carboxylic acids is 1. The van der Waals surface area contributed by atoms with E-state index in [9.17, 15) is 20.4 Å². The quantitative estimate of drug-likeness (QED) is 0.172. The number of halogens is 2. The highest BCUT2D eigenvalue weighted by Crippen LogP contribution is 2.38. The summed E-state index contributed by atoms with van der Waals surface area (Å²) in [6.07, 6.45) is 0. The monoisotopic (exact) mass is 610 g/mol. The Bertz CT molecular complexity index is 1370. The molecule has 0 fully saturated rings. The van der Waals surface area contributed by atoms with Crippen LogP contribution in [0, 0.1) is 27.7 Å². The van der Waals surface area contributed by atoms with Gasteiger partial charge in [0.05, 0.1) is 0 Å². The second-order valence-electron chi connectivity index (χ2n) is 11.5. The molecule has 0 saturated carbocycles. The van der Waals surface area contributed by atoms with E-state index >= 15 is 0 Å². The SMILES string of the molecule is CC(C)(c1ccc(O)cc1)c1ccc(O)cc1.Cc1cc(C(C)(C)c2cc(C)c(O)c(C)c2)cc(C)c1O.O=C(Cl)Cl. The summed E-state index contributed by atoms with van der Waals surface area (Å²) in [7, 11) is 0. The van der Waals surface area contributed by atoms with Gasteiger partial charge in [0, 0.05) is 10.8 Å². The Kier molecular flexibility index (Phi) is 11.5. The number of rotatable bonds is 4. The third-order valence-electron chi connectivity index (χ3n) is 7.60. The van der Waals surface area contributed by atoms with Gasteiger partial charge in [-0.2, -0.15) is 0 Å². The highest BCUT2D eigenvalue weighted by molar-refractivity contribution is 6.93. The predicted octanol–water partition coefficient (Wildman–Crippen LogP) is 9.67. The Morgan fingerprint density at radius 3 is 0.952 bits per heavy atom. The van der Waals surface area contributed by atoms with E-state index in [1.807, 2.05) is 76.2 Å². The van der Waals surface area contributed by atoms with Crippen LogP contribution in [0.3, 0.4) is 0 Å². The number of carbonyl (C=O) groups is 1. The van der Waals surface area contributed by atoms with E-state index < -0.39 is 4.70 Å². The number of phenolic OH excluding ortho intramolecular Hbond substituents is 4. The van der Waals surface area contributed by atoms with Crippen LogP contribution in [0.5, 0.6) is 23.0 Å². The lowest BCUT2D eigenvalue weighted by Gasteiger charge is -2.28. The average molecular weight is 612 g/mol. The van der Waals surface area contributed by atoms with Crippen molar-refractivity contribution in [1.82, 2.24) is 0 Å². The smallest absolute Gasteiger partial charge is 0.313 e. The fourth-order valence-electron chi connectivity index (χ4n) is 4.72. The van der Waals surface area contributed by atoms with Crippen LogP contribution in [0.25, 0.3) is 0 Å². The number of phenols is 4. The zero-order valence-electron chi connectivity index (χ0n) is 25.4. The summed E-state index contributed by atoms with van der Waals surface area (Å²) in [5.74, 6) is 1.28. The molecule has 4 rings (SSSR count). The zero-order chi connectivity index (χ0) is 32.0. The maximum atomic E-state index is 9.96. The lowest BCUT2D eigenvalue weighted by Crippen LogP contribution is -2.19. The van der Waals surface area contributed by atoms with Crippen LogP contribution >= 0.6 is 23.2 Å². The molecule has 0 spiro atoms. The molecule has 0 saturated heterocycles. The molecule has 0 bridgehead atoms. The summed E-state index contributed by atoms with van der Waals surface area (Å²) >= 11 is 8.80. The summed E-state index contributed by atoms with van der Waals surface area (Å²) in [6, 6.07) is 22.6. The van der Waals surface area contributed by atoms with Gasteiger partial charge in [0.25, 0.3) is 0 Å². The lowest BCUT2D eigenvalue weighted by atomic mass is 9.76. The van der Waals surface area contributed by atoms with Crippen LogP contribution in [0.4, 0.5) is 4.79 Å². The Hall–Kier alpha value is -3.67. The van der Waals surface area contributed by atoms with Gasteiger partial charge in [-0.25, -0.2) is 0 Å². The highest BCUT2D eigenvalue weighted by atomic mass is 35.5. The minimum Gasteiger partial charge on any atom is -0.508 e. The molecule has 0 amide bonds. The number of hydrogen-bond donors (Lipinski definition) is 4. The molecule has 0 aliphatic carbocycles. The third-order valence-corrected chi connectivity index (χ3v) is 7.60. The zero-order valence-corrected chi connectivity index (χ0v) is 26.9. The van der Waals surface area contributed by atoms with Crippen molar-refractivity contribution in [2.24, 2.45) is 0 Å². The number of aromatic hydroxyl groups is 4. The van der Waals surface area contributed by atoms with Gasteiger partial charge in [-0.1, -0.05) is 76.2 Å². The van der Waals surface area contributed by atoms with E-state index in [1.165, 1.54) is 11.1 Å². The van der Waals surface area contributed by atoms with E-state index in [2.05, 4.69) is 50.9 Å². The topological polar surface area (TPSA) is 98.0 Å². The van der Waals surface area contributed by atoms with Crippen LogP contribution in [-0.4, -0.2) is 25.1 Å². The molecular weight excluding hydrogens is 571 g/mol. The van der Waals surface area contributed by atoms with Crippen molar-refractivity contribution in [3.05, 3.63) is 117 Å². The molecular formula is C35H40Cl2O5. The highest BCUT2D eigenvalue weighted by Gasteiger charge is 2.26. The van der Waals surface area contributed by atoms with Crippen molar-refractivity contribution in [3.63, 3.8) is 0 Å². The molecule has 4 aromatic carbocycles. The standard InChI is InChI=1S/C19H24O2.C15H16O2.CCl2O/c1-11-7-15(8-12(2)17(11)20)19(5,6)16-9-13(3)18(21)14(4)10-16;1-15(2,11-3-7-13(16)8-4-11)12-5-9-14(17)10-6-12;2-1(3)4/h7-10,20-21H,1-6H3;3-10,16-17H,1-2H3;. The van der Waals surface area contributed by atoms with E-state index in [0.717, 1.165) is 33.4 Å². The summed E-state index contributed by atoms with van der Waals surface area (Å²) < 4.78 is -0.889. The van der Waals surface area contributed by atoms with Crippen LogP contribution < -0.4 is 0 Å². The van der Waals surface area contributed by atoms with Gasteiger partial charge in [-0.3, -0.25) is 4.79 Å². The maximum absolute atomic E-state index is 9.96. The second kappa shape index (κ2) is 14.0. The second-order valence-corrected chi connectivity index (χ2v) is 12.4. The predicted molar refractivity (Wildman–Crippen MR) is 173 cm³/mol. The van der Waals surface area contributed by atoms with Gasteiger partial charge in [0.1, 0.15) is 23.0 Å². The number of benzene rings is 4.